The third-order valence-electron chi connectivity index (χ3n) is 6.44. The predicted octanol–water partition coefficient (Wildman–Crippen LogP) is 6.40. The molecule has 0 saturated heterocycles. The van der Waals surface area contributed by atoms with Gasteiger partial charge in [0.15, 0.2) is 0 Å². The van der Waals surface area contributed by atoms with E-state index in [1.54, 1.807) is 17.9 Å². The highest BCUT2D eigenvalue weighted by Gasteiger charge is 2.12. The number of para-hydroxylation sites is 3. The predicted molar refractivity (Wildman–Crippen MR) is 152 cm³/mol. The minimum Gasteiger partial charge on any atom is -0.497 e. The third-order valence-corrected chi connectivity index (χ3v) is 6.44. The van der Waals surface area contributed by atoms with Crippen molar-refractivity contribution in [3.05, 3.63) is 125 Å². The van der Waals surface area contributed by atoms with Gasteiger partial charge in [-0.2, -0.15) is 0 Å². The van der Waals surface area contributed by atoms with E-state index in [0.29, 0.717) is 29.0 Å². The lowest BCUT2D eigenvalue weighted by molar-refractivity contribution is 0.415. The molecule has 0 N–H and O–H groups in total. The number of methoxy groups -OCH3 is 1. The van der Waals surface area contributed by atoms with Crippen LogP contribution in [-0.2, 0) is 6.54 Å². The Morgan fingerprint density at radius 3 is 2.37 bits per heavy atom. The van der Waals surface area contributed by atoms with Crippen LogP contribution in [0.3, 0.4) is 0 Å². The van der Waals surface area contributed by atoms with Gasteiger partial charge in [0.05, 0.1) is 40.9 Å². The Hall–Kier alpha value is -5.10. The summed E-state index contributed by atoms with van der Waals surface area (Å²) >= 11 is 0. The average Bonchev–Trinajstić information content (AvgIpc) is 2.98. The number of benzene rings is 4. The molecule has 6 rings (SSSR count). The van der Waals surface area contributed by atoms with E-state index in [2.05, 4.69) is 4.98 Å². The molecule has 0 radical (unpaired) electrons. The quantitative estimate of drug-likeness (QED) is 0.267. The molecule has 0 aliphatic heterocycles. The standard InChI is InChI=1S/C32H24N4O2/c1-38-25-10-6-9-24(20-25)31-35-27-12-3-2-11-26(27)32(37)36(31)19-7-8-22-15-17-23(18-16-22)30-21-33-28-13-4-5-14-29(28)34-30/h2-18,20-21H,19H2,1H3/b8-7+. The molecule has 2 heterocycles. The first-order chi connectivity index (χ1) is 18.7. The number of hydrogen-bond acceptors (Lipinski definition) is 5. The Morgan fingerprint density at radius 2 is 1.55 bits per heavy atom. The normalized spacial score (nSPS) is 11.4. The van der Waals surface area contributed by atoms with Crippen LogP contribution in [0.5, 0.6) is 5.75 Å². The molecular formula is C32H24N4O2. The molecule has 0 fully saturated rings. The van der Waals surface area contributed by atoms with E-state index in [0.717, 1.165) is 33.4 Å². The fourth-order valence-corrected chi connectivity index (χ4v) is 4.48. The zero-order valence-corrected chi connectivity index (χ0v) is 20.8. The number of nitrogens with zero attached hydrogens (tertiary/aromatic N) is 4. The van der Waals surface area contributed by atoms with Crippen LogP contribution in [0.2, 0.25) is 0 Å². The van der Waals surface area contributed by atoms with E-state index in [1.165, 1.54) is 0 Å². The van der Waals surface area contributed by atoms with Crippen molar-refractivity contribution in [3.63, 3.8) is 0 Å². The molecule has 0 aliphatic carbocycles. The third kappa shape index (κ3) is 4.55. The summed E-state index contributed by atoms with van der Waals surface area (Å²) in [5, 5.41) is 0.591. The maximum atomic E-state index is 13.5. The van der Waals surface area contributed by atoms with Crippen molar-refractivity contribution in [2.75, 3.05) is 7.11 Å². The summed E-state index contributed by atoms with van der Waals surface area (Å²) in [5.74, 6) is 1.31. The SMILES string of the molecule is COc1cccc(-c2nc3ccccc3c(=O)n2C/C=C/c2ccc(-c3cnc4ccccc4n3)cc2)c1. The molecule has 184 valence electrons. The maximum Gasteiger partial charge on any atom is 0.261 e. The Morgan fingerprint density at radius 1 is 0.789 bits per heavy atom. The highest BCUT2D eigenvalue weighted by Crippen LogP contribution is 2.24. The number of aromatic nitrogens is 4. The zero-order chi connectivity index (χ0) is 25.9. The summed E-state index contributed by atoms with van der Waals surface area (Å²) in [6, 6.07) is 31.0. The van der Waals surface area contributed by atoms with Gasteiger partial charge in [-0.25, -0.2) is 9.97 Å². The molecule has 6 nitrogen and oxygen atoms in total. The van der Waals surface area contributed by atoms with Gasteiger partial charge in [-0.05, 0) is 42.0 Å². The monoisotopic (exact) mass is 496 g/mol. The van der Waals surface area contributed by atoms with Crippen LogP contribution in [0.4, 0.5) is 0 Å². The van der Waals surface area contributed by atoms with Gasteiger partial charge in [-0.1, -0.05) is 72.8 Å². The lowest BCUT2D eigenvalue weighted by atomic mass is 10.1. The van der Waals surface area contributed by atoms with Crippen LogP contribution >= 0.6 is 0 Å². The van der Waals surface area contributed by atoms with E-state index >= 15 is 0 Å². The largest absolute Gasteiger partial charge is 0.497 e. The molecule has 0 aliphatic rings. The number of fused-ring (bicyclic) bond motifs is 2. The molecule has 2 aromatic heterocycles. The first-order valence-electron chi connectivity index (χ1n) is 12.3. The Balaban J connectivity index is 1.30. The molecule has 0 bridgehead atoms. The van der Waals surface area contributed by atoms with E-state index in [9.17, 15) is 4.79 Å². The van der Waals surface area contributed by atoms with Crippen LogP contribution in [0, 0.1) is 0 Å². The zero-order valence-electron chi connectivity index (χ0n) is 20.8. The molecular weight excluding hydrogens is 472 g/mol. The molecule has 0 unspecified atom stereocenters. The number of ether oxygens (including phenoxy) is 1. The first kappa shape index (κ1) is 23.3. The molecule has 38 heavy (non-hydrogen) atoms. The molecule has 6 heteroatoms. The summed E-state index contributed by atoms with van der Waals surface area (Å²) < 4.78 is 7.10. The van der Waals surface area contributed by atoms with Crippen molar-refractivity contribution in [1.82, 2.24) is 19.5 Å². The van der Waals surface area contributed by atoms with Gasteiger partial charge in [0.25, 0.3) is 5.56 Å². The van der Waals surface area contributed by atoms with E-state index in [-0.39, 0.29) is 5.56 Å². The minimum atomic E-state index is -0.0803. The van der Waals surface area contributed by atoms with Crippen LogP contribution in [0.25, 0.3) is 50.7 Å². The second-order valence-electron chi connectivity index (χ2n) is 8.87. The van der Waals surface area contributed by atoms with Crippen LogP contribution in [-0.4, -0.2) is 26.6 Å². The van der Waals surface area contributed by atoms with E-state index in [1.807, 2.05) is 109 Å². The summed E-state index contributed by atoms with van der Waals surface area (Å²) in [6.45, 7) is 0.376. The molecule has 0 spiro atoms. The van der Waals surface area contributed by atoms with Crippen molar-refractivity contribution in [2.45, 2.75) is 6.54 Å². The van der Waals surface area contributed by atoms with Gasteiger partial charge < -0.3 is 4.74 Å². The second kappa shape index (κ2) is 10.1. The number of allylic oxidation sites excluding steroid dienone is 1. The van der Waals surface area contributed by atoms with Crippen LogP contribution in [0.15, 0.2) is 114 Å². The van der Waals surface area contributed by atoms with Gasteiger partial charge >= 0.3 is 0 Å². The van der Waals surface area contributed by atoms with Crippen LogP contribution < -0.4 is 10.3 Å². The summed E-state index contributed by atoms with van der Waals surface area (Å²) in [6.07, 6.45) is 5.78. The molecule has 0 atom stereocenters. The van der Waals surface area contributed by atoms with Gasteiger partial charge in [0, 0.05) is 17.7 Å². The van der Waals surface area contributed by atoms with Gasteiger partial charge in [0.2, 0.25) is 0 Å². The highest BCUT2D eigenvalue weighted by molar-refractivity contribution is 5.80. The van der Waals surface area contributed by atoms with Gasteiger partial charge in [-0.15, -0.1) is 0 Å². The summed E-state index contributed by atoms with van der Waals surface area (Å²) in [4.78, 5) is 27.5. The highest BCUT2D eigenvalue weighted by atomic mass is 16.5. The van der Waals surface area contributed by atoms with Gasteiger partial charge in [0.1, 0.15) is 11.6 Å². The Kier molecular flexibility index (Phi) is 6.20. The fourth-order valence-electron chi connectivity index (χ4n) is 4.48. The minimum absolute atomic E-state index is 0.0803. The van der Waals surface area contributed by atoms with Crippen molar-refractivity contribution in [2.24, 2.45) is 0 Å². The van der Waals surface area contributed by atoms with Crippen LogP contribution in [0.1, 0.15) is 5.56 Å². The number of rotatable bonds is 6. The Bertz CT molecular complexity index is 1860. The topological polar surface area (TPSA) is 69.9 Å². The van der Waals surface area contributed by atoms with Crippen molar-refractivity contribution >= 4 is 28.0 Å². The van der Waals surface area contributed by atoms with E-state index in [4.69, 9.17) is 14.7 Å². The molecule has 4 aromatic carbocycles. The second-order valence-corrected chi connectivity index (χ2v) is 8.87. The summed E-state index contributed by atoms with van der Waals surface area (Å²) in [7, 11) is 1.63. The van der Waals surface area contributed by atoms with Crippen molar-refractivity contribution in [3.8, 4) is 28.4 Å². The first-order valence-corrected chi connectivity index (χ1v) is 12.3. The van der Waals surface area contributed by atoms with E-state index < -0.39 is 0 Å². The smallest absolute Gasteiger partial charge is 0.261 e. The fraction of sp³-hybridized carbons (Fsp3) is 0.0625. The maximum absolute atomic E-state index is 13.5. The van der Waals surface area contributed by atoms with Crippen molar-refractivity contribution in [1.29, 1.82) is 0 Å². The van der Waals surface area contributed by atoms with Gasteiger partial charge in [-0.3, -0.25) is 14.3 Å². The lowest BCUT2D eigenvalue weighted by Gasteiger charge is -2.13. The lowest BCUT2D eigenvalue weighted by Crippen LogP contribution is -2.23. The number of hydrogen-bond donors (Lipinski definition) is 0. The molecule has 0 saturated carbocycles. The molecule has 0 amide bonds. The summed E-state index contributed by atoms with van der Waals surface area (Å²) in [5.41, 5.74) is 6.00. The average molecular weight is 497 g/mol. The van der Waals surface area contributed by atoms with Crippen molar-refractivity contribution < 1.29 is 4.74 Å². The Labute approximate surface area is 219 Å². The molecule has 6 aromatic rings.